The summed E-state index contributed by atoms with van der Waals surface area (Å²) in [7, 11) is 0. The molecular weight excluding hydrogens is 264 g/mol. The molecule has 4 nitrogen and oxygen atoms in total. The summed E-state index contributed by atoms with van der Waals surface area (Å²) in [4.78, 5) is 4.75. The zero-order chi connectivity index (χ0) is 15.1. The molecule has 1 fully saturated rings. The quantitative estimate of drug-likeness (QED) is 0.832. The molecular formula is C17H28N2O2. The molecule has 1 unspecified atom stereocenters. The van der Waals surface area contributed by atoms with E-state index in [0.717, 1.165) is 63.2 Å². The number of aliphatic hydroxyl groups is 2. The van der Waals surface area contributed by atoms with Crippen LogP contribution in [0, 0.1) is 6.92 Å². The minimum atomic E-state index is -0.372. The van der Waals surface area contributed by atoms with Crippen LogP contribution >= 0.6 is 0 Å². The van der Waals surface area contributed by atoms with Crippen LogP contribution in [0.1, 0.15) is 30.1 Å². The first-order valence-electron chi connectivity index (χ1n) is 8.00. The van der Waals surface area contributed by atoms with E-state index in [-0.39, 0.29) is 12.7 Å². The lowest BCUT2D eigenvalue weighted by Crippen LogP contribution is -2.33. The molecule has 0 aliphatic carbocycles. The predicted octanol–water partition coefficient (Wildman–Crippen LogP) is 1.42. The lowest BCUT2D eigenvalue weighted by atomic mass is 10.0. The molecule has 0 amide bonds. The van der Waals surface area contributed by atoms with Crippen LogP contribution in [0.25, 0.3) is 0 Å². The highest BCUT2D eigenvalue weighted by atomic mass is 16.3. The van der Waals surface area contributed by atoms with Gasteiger partial charge in [0, 0.05) is 26.2 Å². The zero-order valence-corrected chi connectivity index (χ0v) is 13.0. The summed E-state index contributed by atoms with van der Waals surface area (Å²) in [5.41, 5.74) is 2.21. The topological polar surface area (TPSA) is 46.9 Å². The smallest absolute Gasteiger partial charge is 0.0804 e. The Labute approximate surface area is 128 Å². The predicted molar refractivity (Wildman–Crippen MR) is 85.3 cm³/mol. The van der Waals surface area contributed by atoms with Gasteiger partial charge in [-0.05, 0) is 44.0 Å². The molecule has 0 radical (unpaired) electrons. The van der Waals surface area contributed by atoms with Crippen LogP contribution < -0.4 is 0 Å². The summed E-state index contributed by atoms with van der Waals surface area (Å²) in [6, 6.07) is 8.07. The van der Waals surface area contributed by atoms with Gasteiger partial charge in [0.05, 0.1) is 12.7 Å². The van der Waals surface area contributed by atoms with Crippen molar-refractivity contribution in [2.45, 2.75) is 25.9 Å². The Morgan fingerprint density at radius 2 is 1.71 bits per heavy atom. The van der Waals surface area contributed by atoms with Gasteiger partial charge in [0.1, 0.15) is 0 Å². The lowest BCUT2D eigenvalue weighted by Gasteiger charge is -2.23. The molecule has 1 aromatic carbocycles. The van der Waals surface area contributed by atoms with E-state index in [0.29, 0.717) is 0 Å². The van der Waals surface area contributed by atoms with Crippen LogP contribution in [0.5, 0.6) is 0 Å². The third kappa shape index (κ3) is 5.08. The summed E-state index contributed by atoms with van der Waals surface area (Å²) < 4.78 is 0. The summed E-state index contributed by atoms with van der Waals surface area (Å²) in [5, 5.41) is 19.4. The number of hydrogen-bond acceptors (Lipinski definition) is 4. The van der Waals surface area contributed by atoms with Crippen molar-refractivity contribution in [1.29, 1.82) is 0 Å². The Balaban J connectivity index is 1.79. The molecule has 1 aliphatic heterocycles. The molecule has 21 heavy (non-hydrogen) atoms. The molecule has 0 bridgehead atoms. The van der Waals surface area contributed by atoms with Crippen LogP contribution in [0.2, 0.25) is 0 Å². The third-order valence-electron chi connectivity index (χ3n) is 4.36. The standard InChI is InChI=1S/C17H28N2O2/c1-15-5-2-3-6-16(15)17(21)7-10-18-8-4-9-19(12-11-18)13-14-20/h2-3,5-6,17,20-21H,4,7-14H2,1H3. The van der Waals surface area contributed by atoms with Crippen LogP contribution in [-0.2, 0) is 0 Å². The monoisotopic (exact) mass is 292 g/mol. The van der Waals surface area contributed by atoms with Gasteiger partial charge in [0.2, 0.25) is 0 Å². The molecule has 2 N–H and O–H groups in total. The summed E-state index contributed by atoms with van der Waals surface area (Å²) in [6.07, 6.45) is 1.55. The molecule has 0 spiro atoms. The van der Waals surface area contributed by atoms with Crippen molar-refractivity contribution in [1.82, 2.24) is 9.80 Å². The minimum absolute atomic E-state index is 0.242. The van der Waals surface area contributed by atoms with Crippen molar-refractivity contribution in [2.24, 2.45) is 0 Å². The Hall–Kier alpha value is -0.940. The van der Waals surface area contributed by atoms with Crippen LogP contribution in [-0.4, -0.2) is 65.9 Å². The number of hydrogen-bond donors (Lipinski definition) is 2. The molecule has 1 aromatic rings. The van der Waals surface area contributed by atoms with Gasteiger partial charge in [-0.2, -0.15) is 0 Å². The largest absolute Gasteiger partial charge is 0.395 e. The molecule has 0 aromatic heterocycles. The second-order valence-corrected chi connectivity index (χ2v) is 5.92. The summed E-state index contributed by atoms with van der Waals surface area (Å²) in [6.45, 7) is 8.20. The van der Waals surface area contributed by atoms with Gasteiger partial charge in [-0.25, -0.2) is 0 Å². The van der Waals surface area contributed by atoms with Crippen molar-refractivity contribution in [3.63, 3.8) is 0 Å². The zero-order valence-electron chi connectivity index (χ0n) is 13.0. The maximum Gasteiger partial charge on any atom is 0.0804 e. The number of nitrogens with zero attached hydrogens (tertiary/aromatic N) is 2. The molecule has 0 saturated carbocycles. The first-order chi connectivity index (χ1) is 10.2. The van der Waals surface area contributed by atoms with Gasteiger partial charge in [0.15, 0.2) is 0 Å². The lowest BCUT2D eigenvalue weighted by molar-refractivity contribution is 0.141. The molecule has 1 aliphatic rings. The van der Waals surface area contributed by atoms with E-state index in [2.05, 4.69) is 22.8 Å². The summed E-state index contributed by atoms with van der Waals surface area (Å²) >= 11 is 0. The van der Waals surface area contributed by atoms with Gasteiger partial charge >= 0.3 is 0 Å². The fourth-order valence-corrected chi connectivity index (χ4v) is 3.03. The minimum Gasteiger partial charge on any atom is -0.395 e. The number of aliphatic hydroxyl groups excluding tert-OH is 2. The first kappa shape index (κ1) is 16.4. The van der Waals surface area contributed by atoms with Gasteiger partial charge in [-0.3, -0.25) is 4.90 Å². The van der Waals surface area contributed by atoms with Crippen molar-refractivity contribution >= 4 is 0 Å². The second kappa shape index (κ2) is 8.49. The fraction of sp³-hybridized carbons (Fsp3) is 0.647. The highest BCUT2D eigenvalue weighted by Crippen LogP contribution is 2.20. The molecule has 4 heteroatoms. The van der Waals surface area contributed by atoms with E-state index < -0.39 is 0 Å². The van der Waals surface area contributed by atoms with Gasteiger partial charge in [-0.1, -0.05) is 24.3 Å². The molecule has 118 valence electrons. The van der Waals surface area contributed by atoms with Crippen molar-refractivity contribution in [3.05, 3.63) is 35.4 Å². The maximum absolute atomic E-state index is 10.4. The molecule has 2 rings (SSSR count). The second-order valence-electron chi connectivity index (χ2n) is 5.92. The van der Waals surface area contributed by atoms with E-state index in [4.69, 9.17) is 5.11 Å². The van der Waals surface area contributed by atoms with Gasteiger partial charge in [0.25, 0.3) is 0 Å². The fourth-order valence-electron chi connectivity index (χ4n) is 3.03. The Kier molecular flexibility index (Phi) is 6.64. The first-order valence-corrected chi connectivity index (χ1v) is 8.00. The van der Waals surface area contributed by atoms with Crippen molar-refractivity contribution < 1.29 is 10.2 Å². The van der Waals surface area contributed by atoms with Crippen molar-refractivity contribution in [2.75, 3.05) is 45.9 Å². The van der Waals surface area contributed by atoms with Crippen LogP contribution in [0.3, 0.4) is 0 Å². The highest BCUT2D eigenvalue weighted by molar-refractivity contribution is 5.27. The Morgan fingerprint density at radius 1 is 1.05 bits per heavy atom. The van der Waals surface area contributed by atoms with Gasteiger partial charge in [-0.15, -0.1) is 0 Å². The number of aryl methyl sites for hydroxylation is 1. The number of β-amino-alcohol motifs (C(OH)–C–C–N with tert-alkyl or cyclic N) is 1. The van der Waals surface area contributed by atoms with Gasteiger partial charge < -0.3 is 15.1 Å². The Morgan fingerprint density at radius 3 is 2.38 bits per heavy atom. The van der Waals surface area contributed by atoms with E-state index in [9.17, 15) is 5.11 Å². The molecule has 1 atom stereocenters. The SMILES string of the molecule is Cc1ccccc1C(O)CCN1CCCN(CCO)CC1. The van der Waals surface area contributed by atoms with Crippen LogP contribution in [0.15, 0.2) is 24.3 Å². The van der Waals surface area contributed by atoms with E-state index in [1.165, 1.54) is 0 Å². The molecule has 1 saturated heterocycles. The number of rotatable bonds is 6. The van der Waals surface area contributed by atoms with E-state index in [1.54, 1.807) is 0 Å². The van der Waals surface area contributed by atoms with Crippen molar-refractivity contribution in [3.8, 4) is 0 Å². The van der Waals surface area contributed by atoms with Crippen LogP contribution in [0.4, 0.5) is 0 Å². The highest BCUT2D eigenvalue weighted by Gasteiger charge is 2.16. The average molecular weight is 292 g/mol. The molecule has 1 heterocycles. The van der Waals surface area contributed by atoms with E-state index >= 15 is 0 Å². The van der Waals surface area contributed by atoms with E-state index in [1.807, 2.05) is 18.2 Å². The average Bonchev–Trinajstić information content (AvgIpc) is 2.71. The Bertz CT molecular complexity index is 425. The number of benzene rings is 1. The normalized spacial score (nSPS) is 19.4. The maximum atomic E-state index is 10.4. The summed E-state index contributed by atoms with van der Waals surface area (Å²) in [5.74, 6) is 0. The third-order valence-corrected chi connectivity index (χ3v) is 4.36.